The van der Waals surface area contributed by atoms with Gasteiger partial charge in [0, 0.05) is 6.20 Å². The van der Waals surface area contributed by atoms with Crippen LogP contribution in [0.25, 0.3) is 0 Å². The summed E-state index contributed by atoms with van der Waals surface area (Å²) in [6, 6.07) is 3.13. The molecule has 0 aliphatic rings. The number of nitrogens with two attached hydrogens (primary N) is 1. The minimum Gasteiger partial charge on any atom is -0.493 e. The summed E-state index contributed by atoms with van der Waals surface area (Å²) in [7, 11) is 2.88. The first kappa shape index (κ1) is 21.4. The number of amides is 1. The Bertz CT molecular complexity index is 859. The lowest BCUT2D eigenvalue weighted by Gasteiger charge is -2.21. The summed E-state index contributed by atoms with van der Waals surface area (Å²) in [6.07, 6.45) is 2.92. The number of hydrogen-bond acceptors (Lipinski definition) is 7. The predicted octanol–water partition coefficient (Wildman–Crippen LogP) is 2.61. The van der Waals surface area contributed by atoms with Crippen LogP contribution in [0.15, 0.2) is 24.5 Å². The van der Waals surface area contributed by atoms with E-state index >= 15 is 0 Å². The van der Waals surface area contributed by atoms with E-state index in [9.17, 15) is 9.59 Å². The van der Waals surface area contributed by atoms with Crippen molar-refractivity contribution in [3.8, 4) is 17.2 Å². The normalized spacial score (nSPS) is 11.6. The highest BCUT2D eigenvalue weighted by molar-refractivity contribution is 6.29. The molecular formula is C19H22ClN3O5. The molecule has 28 heavy (non-hydrogen) atoms. The van der Waals surface area contributed by atoms with E-state index in [-0.39, 0.29) is 34.4 Å². The SMILES string of the molecule is CCCC(Oc1c(C(=O)Cc2cncc(Cl)n2)ccc(OC)c1OC)C(N)=O. The first-order valence-electron chi connectivity index (χ1n) is 8.61. The molecule has 0 radical (unpaired) electrons. The molecule has 1 heterocycles. The molecule has 0 aliphatic heterocycles. The van der Waals surface area contributed by atoms with Crippen LogP contribution in [0.3, 0.4) is 0 Å². The molecule has 1 atom stereocenters. The molecule has 0 saturated heterocycles. The van der Waals surface area contributed by atoms with Crippen LogP contribution in [0.2, 0.25) is 5.15 Å². The van der Waals surface area contributed by atoms with Crippen LogP contribution < -0.4 is 19.9 Å². The lowest BCUT2D eigenvalue weighted by molar-refractivity contribution is -0.125. The van der Waals surface area contributed by atoms with Crippen molar-refractivity contribution >= 4 is 23.3 Å². The van der Waals surface area contributed by atoms with Gasteiger partial charge in [0.05, 0.1) is 38.1 Å². The molecular weight excluding hydrogens is 386 g/mol. The Morgan fingerprint density at radius 2 is 1.93 bits per heavy atom. The van der Waals surface area contributed by atoms with Gasteiger partial charge >= 0.3 is 0 Å². The number of Topliss-reactive ketones (excluding diaryl/α,β-unsaturated/α-hetero) is 1. The van der Waals surface area contributed by atoms with Gasteiger partial charge in [-0.15, -0.1) is 0 Å². The number of ether oxygens (including phenoxy) is 3. The Morgan fingerprint density at radius 3 is 2.50 bits per heavy atom. The van der Waals surface area contributed by atoms with E-state index in [0.717, 1.165) is 0 Å². The van der Waals surface area contributed by atoms with Gasteiger partial charge in [-0.3, -0.25) is 14.6 Å². The highest BCUT2D eigenvalue weighted by Gasteiger charge is 2.26. The Labute approximate surface area is 168 Å². The largest absolute Gasteiger partial charge is 0.493 e. The third-order valence-electron chi connectivity index (χ3n) is 3.93. The molecule has 0 fully saturated rings. The molecule has 0 spiro atoms. The fraction of sp³-hybridized carbons (Fsp3) is 0.368. The third-order valence-corrected chi connectivity index (χ3v) is 4.11. The predicted molar refractivity (Wildman–Crippen MR) is 103 cm³/mol. The minimum atomic E-state index is -0.913. The average molecular weight is 408 g/mol. The monoisotopic (exact) mass is 407 g/mol. The maximum Gasteiger partial charge on any atom is 0.258 e. The number of halogens is 1. The van der Waals surface area contributed by atoms with Crippen LogP contribution in [0.5, 0.6) is 17.2 Å². The van der Waals surface area contributed by atoms with Gasteiger partial charge in [-0.1, -0.05) is 24.9 Å². The summed E-state index contributed by atoms with van der Waals surface area (Å²) in [6.45, 7) is 1.89. The third kappa shape index (κ3) is 5.10. The van der Waals surface area contributed by atoms with E-state index in [1.165, 1.54) is 26.6 Å². The molecule has 0 aliphatic carbocycles. The maximum atomic E-state index is 12.9. The molecule has 0 bridgehead atoms. The zero-order valence-electron chi connectivity index (χ0n) is 15.9. The van der Waals surface area contributed by atoms with Crippen molar-refractivity contribution in [1.29, 1.82) is 0 Å². The number of primary amides is 1. The second kappa shape index (κ2) is 9.89. The Balaban J connectivity index is 2.47. The van der Waals surface area contributed by atoms with Crippen molar-refractivity contribution < 1.29 is 23.8 Å². The van der Waals surface area contributed by atoms with Crippen LogP contribution in [0, 0.1) is 0 Å². The van der Waals surface area contributed by atoms with Crippen molar-refractivity contribution in [2.24, 2.45) is 5.73 Å². The van der Waals surface area contributed by atoms with Crippen molar-refractivity contribution in [1.82, 2.24) is 9.97 Å². The average Bonchev–Trinajstić information content (AvgIpc) is 2.66. The number of hydrogen-bond donors (Lipinski definition) is 1. The Hall–Kier alpha value is -2.87. The fourth-order valence-electron chi connectivity index (χ4n) is 2.62. The number of methoxy groups -OCH3 is 2. The van der Waals surface area contributed by atoms with Crippen LogP contribution >= 0.6 is 11.6 Å². The number of carbonyl (C=O) groups is 2. The molecule has 1 aromatic carbocycles. The van der Waals surface area contributed by atoms with E-state index in [4.69, 9.17) is 31.5 Å². The van der Waals surface area contributed by atoms with Crippen LogP contribution in [0.4, 0.5) is 0 Å². The van der Waals surface area contributed by atoms with Crippen LogP contribution in [0.1, 0.15) is 35.8 Å². The number of ketones is 1. The number of aromatic nitrogens is 2. The van der Waals surface area contributed by atoms with Gasteiger partial charge in [-0.2, -0.15) is 0 Å². The number of rotatable bonds is 10. The van der Waals surface area contributed by atoms with Crippen LogP contribution in [-0.4, -0.2) is 42.0 Å². The molecule has 2 rings (SSSR count). The molecule has 8 nitrogen and oxygen atoms in total. The van der Waals surface area contributed by atoms with E-state index in [1.807, 2.05) is 6.92 Å². The zero-order valence-corrected chi connectivity index (χ0v) is 16.7. The van der Waals surface area contributed by atoms with Gasteiger partial charge in [0.15, 0.2) is 23.4 Å². The number of benzene rings is 1. The van der Waals surface area contributed by atoms with E-state index in [1.54, 1.807) is 12.1 Å². The van der Waals surface area contributed by atoms with E-state index in [2.05, 4.69) is 9.97 Å². The second-order valence-corrected chi connectivity index (χ2v) is 6.30. The molecule has 1 amide bonds. The molecule has 1 unspecified atom stereocenters. The Morgan fingerprint density at radius 1 is 1.18 bits per heavy atom. The first-order chi connectivity index (χ1) is 13.4. The second-order valence-electron chi connectivity index (χ2n) is 5.91. The summed E-state index contributed by atoms with van der Waals surface area (Å²) >= 11 is 5.83. The minimum absolute atomic E-state index is 0.0611. The summed E-state index contributed by atoms with van der Waals surface area (Å²) in [5.41, 5.74) is 6.06. The Kier molecular flexibility index (Phi) is 7.57. The van der Waals surface area contributed by atoms with Gasteiger partial charge in [0.25, 0.3) is 5.91 Å². The molecule has 0 saturated carbocycles. The van der Waals surface area contributed by atoms with Crippen molar-refractivity contribution in [3.05, 3.63) is 40.9 Å². The first-order valence-corrected chi connectivity index (χ1v) is 8.99. The van der Waals surface area contributed by atoms with E-state index < -0.39 is 12.0 Å². The summed E-state index contributed by atoms with van der Waals surface area (Å²) < 4.78 is 16.5. The van der Waals surface area contributed by atoms with Crippen LogP contribution in [-0.2, 0) is 11.2 Å². The molecule has 150 valence electrons. The molecule has 2 N–H and O–H groups in total. The van der Waals surface area contributed by atoms with Crippen molar-refractivity contribution in [2.75, 3.05) is 14.2 Å². The lowest BCUT2D eigenvalue weighted by Crippen LogP contribution is -2.34. The molecule has 9 heteroatoms. The number of carbonyl (C=O) groups excluding carboxylic acids is 2. The van der Waals surface area contributed by atoms with Gasteiger partial charge in [0.2, 0.25) is 5.75 Å². The maximum absolute atomic E-state index is 12.9. The van der Waals surface area contributed by atoms with Gasteiger partial charge in [0.1, 0.15) is 5.15 Å². The smallest absolute Gasteiger partial charge is 0.258 e. The van der Waals surface area contributed by atoms with E-state index in [0.29, 0.717) is 24.3 Å². The molecule has 2 aromatic rings. The summed E-state index contributed by atoms with van der Waals surface area (Å²) in [5.74, 6) is -0.290. The molecule has 1 aromatic heterocycles. The summed E-state index contributed by atoms with van der Waals surface area (Å²) in [4.78, 5) is 32.7. The van der Waals surface area contributed by atoms with Crippen molar-refractivity contribution in [3.63, 3.8) is 0 Å². The lowest BCUT2D eigenvalue weighted by atomic mass is 10.0. The van der Waals surface area contributed by atoms with Gasteiger partial charge < -0.3 is 19.9 Å². The van der Waals surface area contributed by atoms with Crippen molar-refractivity contribution in [2.45, 2.75) is 32.3 Å². The summed E-state index contributed by atoms with van der Waals surface area (Å²) in [5, 5.41) is 0.186. The number of nitrogens with zero attached hydrogens (tertiary/aromatic N) is 2. The highest BCUT2D eigenvalue weighted by atomic mass is 35.5. The zero-order chi connectivity index (χ0) is 20.7. The van der Waals surface area contributed by atoms with Gasteiger partial charge in [-0.25, -0.2) is 4.98 Å². The quantitative estimate of drug-likeness (QED) is 0.602. The topological polar surface area (TPSA) is 114 Å². The fourth-order valence-corrected chi connectivity index (χ4v) is 2.79. The van der Waals surface area contributed by atoms with Gasteiger partial charge in [-0.05, 0) is 18.6 Å². The highest BCUT2D eigenvalue weighted by Crippen LogP contribution is 2.41. The standard InChI is InChI=1S/C19H22ClN3O5/c1-4-5-15(19(21)25)28-17-12(6-7-14(26-2)18(17)27-3)13(24)8-11-9-22-10-16(20)23-11/h6-7,9-10,15H,4-5,8H2,1-3H3,(H2,21,25).